The molecule has 2 N–H and O–H groups in total. The molecule has 28 heavy (non-hydrogen) atoms. The molecule has 1 aliphatic rings. The van der Waals surface area contributed by atoms with Crippen molar-refractivity contribution in [3.8, 4) is 5.75 Å². The van der Waals surface area contributed by atoms with E-state index in [4.69, 9.17) is 16.3 Å². The summed E-state index contributed by atoms with van der Waals surface area (Å²) < 4.78 is 30.3. The number of amides is 2. The molecule has 0 atom stereocenters. The number of nitrogens with one attached hydrogen (secondary N) is 2. The molecule has 0 radical (unpaired) electrons. The second kappa shape index (κ2) is 8.42. The maximum atomic E-state index is 12.6. The summed E-state index contributed by atoms with van der Waals surface area (Å²) in [6.07, 6.45) is -0.240. The third-order valence-corrected chi connectivity index (χ3v) is 7.00. The number of hydrogen-bond acceptors (Lipinski definition) is 6. The van der Waals surface area contributed by atoms with Crippen LogP contribution in [0.5, 0.6) is 5.75 Å². The fourth-order valence-electron chi connectivity index (χ4n) is 2.59. The third kappa shape index (κ3) is 4.78. The van der Waals surface area contributed by atoms with Crippen LogP contribution in [0.2, 0.25) is 5.02 Å². The molecule has 2 amide bonds. The van der Waals surface area contributed by atoms with Gasteiger partial charge in [0.05, 0.1) is 34.9 Å². The molecule has 7 nitrogen and oxygen atoms in total. The summed E-state index contributed by atoms with van der Waals surface area (Å²) in [5.41, 5.74) is 0.835. The summed E-state index contributed by atoms with van der Waals surface area (Å²) in [5.74, 6) is -0.315. The Morgan fingerprint density at radius 3 is 2.82 bits per heavy atom. The lowest BCUT2D eigenvalue weighted by Crippen LogP contribution is -2.20. The predicted molar refractivity (Wildman–Crippen MR) is 109 cm³/mol. The van der Waals surface area contributed by atoms with Crippen molar-refractivity contribution in [3.63, 3.8) is 0 Å². The van der Waals surface area contributed by atoms with Crippen LogP contribution in [-0.2, 0) is 19.4 Å². The van der Waals surface area contributed by atoms with E-state index in [-0.39, 0.29) is 23.0 Å². The number of rotatable bonds is 6. The molecule has 0 spiro atoms. The smallest absolute Gasteiger partial charge is 0.234 e. The van der Waals surface area contributed by atoms with E-state index in [1.54, 1.807) is 18.2 Å². The minimum atomic E-state index is -3.70. The number of hydrogen-bond donors (Lipinski definition) is 2. The summed E-state index contributed by atoms with van der Waals surface area (Å²) in [6, 6.07) is 9.31. The molecular formula is C18H17ClN2O5S2. The van der Waals surface area contributed by atoms with E-state index >= 15 is 0 Å². The Balaban J connectivity index is 1.68. The van der Waals surface area contributed by atoms with E-state index in [1.807, 2.05) is 0 Å². The lowest BCUT2D eigenvalue weighted by atomic mass is 10.3. The van der Waals surface area contributed by atoms with Gasteiger partial charge in [-0.1, -0.05) is 11.6 Å². The summed E-state index contributed by atoms with van der Waals surface area (Å²) in [7, 11) is -2.25. The van der Waals surface area contributed by atoms with E-state index in [0.29, 0.717) is 27.9 Å². The number of methoxy groups -OCH3 is 1. The van der Waals surface area contributed by atoms with E-state index in [0.717, 1.165) is 4.90 Å². The van der Waals surface area contributed by atoms with Crippen LogP contribution in [0, 0.1) is 0 Å². The molecule has 0 bridgehead atoms. The van der Waals surface area contributed by atoms with Crippen molar-refractivity contribution in [2.75, 3.05) is 29.2 Å². The Labute approximate surface area is 171 Å². The zero-order chi connectivity index (χ0) is 20.3. The molecule has 10 heteroatoms. The predicted octanol–water partition coefficient (Wildman–Crippen LogP) is 3.20. The molecule has 2 aromatic carbocycles. The molecule has 1 aliphatic heterocycles. The van der Waals surface area contributed by atoms with Crippen LogP contribution in [0.3, 0.4) is 0 Å². The van der Waals surface area contributed by atoms with Gasteiger partial charge >= 0.3 is 0 Å². The summed E-state index contributed by atoms with van der Waals surface area (Å²) in [5, 5.41) is 5.68. The number of carbonyl (C=O) groups is 2. The lowest BCUT2D eigenvalue weighted by molar-refractivity contribution is -0.116. The van der Waals surface area contributed by atoms with E-state index in [9.17, 15) is 18.0 Å². The molecule has 0 unspecified atom stereocenters. The molecule has 0 fully saturated rings. The van der Waals surface area contributed by atoms with Crippen LogP contribution in [0.25, 0.3) is 0 Å². The number of thioether (sulfide) groups is 1. The molecule has 0 aromatic heterocycles. The SMILES string of the molecule is COc1ccc(Cl)cc1NC(=O)CCS(=O)(=O)c1ccc2c(c1)NC(=O)CS2. The van der Waals surface area contributed by atoms with Crippen LogP contribution in [0.15, 0.2) is 46.2 Å². The van der Waals surface area contributed by atoms with Crippen molar-refractivity contribution in [1.29, 1.82) is 0 Å². The number of halogens is 1. The lowest BCUT2D eigenvalue weighted by Gasteiger charge is -2.17. The van der Waals surface area contributed by atoms with E-state index < -0.39 is 15.7 Å². The monoisotopic (exact) mass is 440 g/mol. The van der Waals surface area contributed by atoms with E-state index in [1.165, 1.54) is 37.1 Å². The van der Waals surface area contributed by atoms with Gasteiger partial charge in [0.1, 0.15) is 5.75 Å². The number of carbonyl (C=O) groups excluding carboxylic acids is 2. The molecule has 148 valence electrons. The molecule has 2 aromatic rings. The quantitative estimate of drug-likeness (QED) is 0.715. The molecule has 0 saturated carbocycles. The van der Waals surface area contributed by atoms with Gasteiger partial charge in [0.2, 0.25) is 11.8 Å². The van der Waals surface area contributed by atoms with Gasteiger partial charge in [-0.3, -0.25) is 9.59 Å². The van der Waals surface area contributed by atoms with Gasteiger partial charge in [-0.05, 0) is 36.4 Å². The zero-order valence-corrected chi connectivity index (χ0v) is 17.2. The van der Waals surface area contributed by atoms with Crippen molar-refractivity contribution in [2.45, 2.75) is 16.2 Å². The number of sulfone groups is 1. The maximum Gasteiger partial charge on any atom is 0.234 e. The topological polar surface area (TPSA) is 102 Å². The highest BCUT2D eigenvalue weighted by Gasteiger charge is 2.21. The van der Waals surface area contributed by atoms with Gasteiger partial charge in [0.25, 0.3) is 0 Å². The average molecular weight is 441 g/mol. The number of fused-ring (bicyclic) bond motifs is 1. The Morgan fingerprint density at radius 1 is 1.29 bits per heavy atom. The van der Waals surface area contributed by atoms with Crippen molar-refractivity contribution >= 4 is 56.4 Å². The normalized spacial score (nSPS) is 13.4. The highest BCUT2D eigenvalue weighted by Crippen LogP contribution is 2.33. The van der Waals surface area contributed by atoms with Gasteiger partial charge in [0, 0.05) is 16.3 Å². The van der Waals surface area contributed by atoms with Crippen molar-refractivity contribution in [3.05, 3.63) is 41.4 Å². The van der Waals surface area contributed by atoms with Crippen LogP contribution in [-0.4, -0.2) is 38.8 Å². The molecule has 3 rings (SSSR count). The Morgan fingerprint density at radius 2 is 2.07 bits per heavy atom. The number of ether oxygens (including phenoxy) is 1. The van der Waals surface area contributed by atoms with Crippen molar-refractivity contribution < 1.29 is 22.7 Å². The standard InChI is InChI=1S/C18H17ClN2O5S2/c1-26-15-4-2-11(19)8-13(15)20-17(22)6-7-28(24,25)12-3-5-16-14(9-12)21-18(23)10-27-16/h2-5,8-9H,6-7,10H2,1H3,(H,20,22)(H,21,23). The maximum absolute atomic E-state index is 12.6. The summed E-state index contributed by atoms with van der Waals surface area (Å²) >= 11 is 7.27. The van der Waals surface area contributed by atoms with Crippen LogP contribution in [0.4, 0.5) is 11.4 Å². The number of anilines is 2. The summed E-state index contributed by atoms with van der Waals surface area (Å²) in [4.78, 5) is 24.6. The van der Waals surface area contributed by atoms with Crippen molar-refractivity contribution in [1.82, 2.24) is 0 Å². The number of benzene rings is 2. The Bertz CT molecular complexity index is 1040. The fraction of sp³-hybridized carbons (Fsp3) is 0.222. The van der Waals surface area contributed by atoms with Crippen molar-refractivity contribution in [2.24, 2.45) is 0 Å². The molecule has 1 heterocycles. The molecule has 0 saturated heterocycles. The summed E-state index contributed by atoms with van der Waals surface area (Å²) in [6.45, 7) is 0. The largest absolute Gasteiger partial charge is 0.495 e. The average Bonchev–Trinajstić information content (AvgIpc) is 2.66. The Hall–Kier alpha value is -2.23. The van der Waals surface area contributed by atoms with Gasteiger partial charge in [0.15, 0.2) is 9.84 Å². The highest BCUT2D eigenvalue weighted by atomic mass is 35.5. The first kappa shape index (κ1) is 20.5. The second-order valence-corrected chi connectivity index (χ2v) is 9.52. The first-order valence-corrected chi connectivity index (χ1v) is 11.2. The first-order chi connectivity index (χ1) is 13.3. The molecular weight excluding hydrogens is 424 g/mol. The first-order valence-electron chi connectivity index (χ1n) is 8.21. The zero-order valence-electron chi connectivity index (χ0n) is 14.8. The third-order valence-electron chi connectivity index (χ3n) is 3.98. The second-order valence-electron chi connectivity index (χ2n) is 5.96. The van der Waals surface area contributed by atoms with Crippen LogP contribution in [0.1, 0.15) is 6.42 Å². The Kier molecular flexibility index (Phi) is 6.17. The minimum Gasteiger partial charge on any atom is -0.495 e. The van der Waals surface area contributed by atoms with Crippen LogP contribution < -0.4 is 15.4 Å². The van der Waals surface area contributed by atoms with Crippen LogP contribution >= 0.6 is 23.4 Å². The molecule has 0 aliphatic carbocycles. The van der Waals surface area contributed by atoms with Gasteiger partial charge in [-0.15, -0.1) is 11.8 Å². The highest BCUT2D eigenvalue weighted by molar-refractivity contribution is 8.00. The van der Waals surface area contributed by atoms with Gasteiger partial charge < -0.3 is 15.4 Å². The van der Waals surface area contributed by atoms with E-state index in [2.05, 4.69) is 10.6 Å². The fourth-order valence-corrected chi connectivity index (χ4v) is 4.81. The minimum absolute atomic E-state index is 0.0576. The van der Waals surface area contributed by atoms with Gasteiger partial charge in [-0.2, -0.15) is 0 Å². The van der Waals surface area contributed by atoms with Gasteiger partial charge in [-0.25, -0.2) is 8.42 Å².